The molecule has 2 atom stereocenters. The van der Waals surface area contributed by atoms with Gasteiger partial charge in [0.25, 0.3) is 11.8 Å². The average Bonchev–Trinajstić information content (AvgIpc) is 3.50. The second-order valence-corrected chi connectivity index (χ2v) is 11.6. The number of amides is 2. The highest BCUT2D eigenvalue weighted by Crippen LogP contribution is 2.42. The van der Waals surface area contributed by atoms with Crippen molar-refractivity contribution in [3.8, 4) is 6.07 Å². The summed E-state index contributed by atoms with van der Waals surface area (Å²) in [4.78, 5) is 43.2. The molecule has 0 radical (unpaired) electrons. The summed E-state index contributed by atoms with van der Waals surface area (Å²) in [6.07, 6.45) is 0. The number of oxime groups is 1. The topological polar surface area (TPSA) is 245 Å². The van der Waals surface area contributed by atoms with Gasteiger partial charge in [-0.25, -0.2) is 9.78 Å². The summed E-state index contributed by atoms with van der Waals surface area (Å²) in [6.45, 7) is 0. The van der Waals surface area contributed by atoms with E-state index in [0.717, 1.165) is 39.5 Å². The molecule has 0 unspecified atom stereocenters. The number of hydrogen-bond donors (Lipinski definition) is 6. The van der Waals surface area contributed by atoms with Crippen molar-refractivity contribution in [2.75, 3.05) is 17.2 Å². The summed E-state index contributed by atoms with van der Waals surface area (Å²) in [5, 5.41) is 42.8. The predicted molar refractivity (Wildman–Crippen MR) is 146 cm³/mol. The molecule has 14 nitrogen and oxygen atoms in total. The highest BCUT2D eigenvalue weighted by molar-refractivity contribution is 8.00. The van der Waals surface area contributed by atoms with E-state index in [1.54, 1.807) is 0 Å². The molecule has 19 heteroatoms. The van der Waals surface area contributed by atoms with Gasteiger partial charge in [-0.1, -0.05) is 29.1 Å². The first-order valence-electron chi connectivity index (χ1n) is 10.1. The third-order valence-corrected chi connectivity index (χ3v) is 9.69. The van der Waals surface area contributed by atoms with Crippen LogP contribution in [0.4, 0.5) is 5.13 Å². The van der Waals surface area contributed by atoms with Crippen molar-refractivity contribution in [1.82, 2.24) is 19.6 Å². The van der Waals surface area contributed by atoms with Crippen LogP contribution in [0.1, 0.15) is 16.1 Å². The number of thioether (sulfide) groups is 2. The molecule has 8 N–H and O–H groups in total. The van der Waals surface area contributed by atoms with Crippen LogP contribution in [-0.2, 0) is 14.4 Å². The summed E-state index contributed by atoms with van der Waals surface area (Å²) < 4.78 is 4.20. The van der Waals surface area contributed by atoms with Crippen molar-refractivity contribution in [3.05, 3.63) is 32.8 Å². The summed E-state index contributed by atoms with van der Waals surface area (Å²) >= 11 is 9.73. The SMILES string of the molecule is N#Cc1c(SCC(=N)N)nsc1C(=S)C1=C(C(=O)O)N2C(=O)[C@@H](NC(=O)/C(=N\O)c3csc(N)n3)[C@@H]2SC1. The Balaban J connectivity index is 1.58. The number of rotatable bonds is 9. The van der Waals surface area contributed by atoms with E-state index in [1.807, 2.05) is 6.07 Å². The first-order valence-corrected chi connectivity index (χ1v) is 14.2. The number of hydrogen-bond acceptors (Lipinski definition) is 15. The Morgan fingerprint density at radius 2 is 2.21 bits per heavy atom. The van der Waals surface area contributed by atoms with E-state index in [2.05, 4.69) is 19.8 Å². The molecule has 2 aromatic heterocycles. The van der Waals surface area contributed by atoms with E-state index in [9.17, 15) is 30.0 Å². The third-order valence-electron chi connectivity index (χ3n) is 5.15. The van der Waals surface area contributed by atoms with Gasteiger partial charge in [0.2, 0.25) is 0 Å². The minimum atomic E-state index is -1.41. The predicted octanol–water partition coefficient (Wildman–Crippen LogP) is 0.417. The molecule has 1 saturated heterocycles. The molecule has 1 fully saturated rings. The Kier molecular flexibility index (Phi) is 7.98. The first kappa shape index (κ1) is 27.5. The number of nitriles is 1. The molecule has 4 rings (SSSR count). The fraction of sp³-hybridized carbons (Fsp3) is 0.211. The Morgan fingerprint density at radius 1 is 1.47 bits per heavy atom. The van der Waals surface area contributed by atoms with Crippen LogP contribution in [0.15, 0.2) is 26.8 Å². The highest BCUT2D eigenvalue weighted by Gasteiger charge is 2.55. The maximum atomic E-state index is 13.0. The fourth-order valence-corrected chi connectivity index (χ4v) is 7.58. The molecule has 2 aliphatic heterocycles. The molecule has 0 bridgehead atoms. The molecule has 4 heterocycles. The number of amidine groups is 1. The molecule has 38 heavy (non-hydrogen) atoms. The van der Waals surface area contributed by atoms with Gasteiger partial charge in [0.1, 0.15) is 45.3 Å². The first-order chi connectivity index (χ1) is 18.1. The van der Waals surface area contributed by atoms with E-state index >= 15 is 0 Å². The molecule has 0 saturated carbocycles. The number of anilines is 1. The zero-order valence-electron chi connectivity index (χ0n) is 18.7. The van der Waals surface area contributed by atoms with Gasteiger partial charge in [-0.3, -0.25) is 19.9 Å². The van der Waals surface area contributed by atoms with Crippen LogP contribution < -0.4 is 16.8 Å². The molecular weight excluding hydrogens is 595 g/mol. The largest absolute Gasteiger partial charge is 0.477 e. The number of aromatic nitrogens is 2. The van der Waals surface area contributed by atoms with Gasteiger partial charge >= 0.3 is 5.97 Å². The van der Waals surface area contributed by atoms with Crippen LogP contribution in [0, 0.1) is 16.7 Å². The maximum Gasteiger partial charge on any atom is 0.353 e. The molecule has 2 aromatic rings. The van der Waals surface area contributed by atoms with E-state index in [-0.39, 0.29) is 54.7 Å². The molecule has 0 spiro atoms. The van der Waals surface area contributed by atoms with Crippen molar-refractivity contribution in [1.29, 1.82) is 10.7 Å². The molecular formula is C19H15N9O5S5. The van der Waals surface area contributed by atoms with Crippen LogP contribution in [0.25, 0.3) is 0 Å². The monoisotopic (exact) mass is 609 g/mol. The van der Waals surface area contributed by atoms with Crippen LogP contribution in [-0.4, -0.2) is 81.7 Å². The Bertz CT molecular complexity index is 1490. The number of nitrogens with zero attached hydrogens (tertiary/aromatic N) is 5. The van der Waals surface area contributed by atoms with E-state index in [0.29, 0.717) is 5.03 Å². The smallest absolute Gasteiger partial charge is 0.353 e. The van der Waals surface area contributed by atoms with E-state index in [1.165, 1.54) is 17.1 Å². The van der Waals surface area contributed by atoms with Crippen molar-refractivity contribution in [2.24, 2.45) is 10.9 Å². The number of carbonyl (C=O) groups excluding carboxylic acids is 2. The normalized spacial score (nSPS) is 18.9. The summed E-state index contributed by atoms with van der Waals surface area (Å²) in [6, 6.07) is 0.914. The zero-order chi connectivity index (χ0) is 27.7. The van der Waals surface area contributed by atoms with Gasteiger partial charge in [-0.15, -0.1) is 23.1 Å². The Hall–Kier alpha value is -3.57. The lowest BCUT2D eigenvalue weighted by Crippen LogP contribution is -2.71. The van der Waals surface area contributed by atoms with E-state index < -0.39 is 34.9 Å². The number of aliphatic carboxylic acids is 1. The zero-order valence-corrected chi connectivity index (χ0v) is 22.8. The van der Waals surface area contributed by atoms with Crippen LogP contribution in [0.5, 0.6) is 0 Å². The van der Waals surface area contributed by atoms with Gasteiger partial charge in [-0.05, 0) is 11.5 Å². The lowest BCUT2D eigenvalue weighted by atomic mass is 10.00. The maximum absolute atomic E-state index is 13.0. The number of carboxylic acids is 1. The summed E-state index contributed by atoms with van der Waals surface area (Å²) in [5.41, 5.74) is 10.4. The van der Waals surface area contributed by atoms with Crippen LogP contribution >= 0.6 is 58.6 Å². The molecule has 0 aliphatic carbocycles. The summed E-state index contributed by atoms with van der Waals surface area (Å²) in [5.74, 6) is -2.92. The lowest BCUT2D eigenvalue weighted by Gasteiger charge is -2.49. The number of β-lactam (4-membered cyclic amide) rings is 1. The van der Waals surface area contributed by atoms with Crippen molar-refractivity contribution in [2.45, 2.75) is 16.4 Å². The number of nitrogen functional groups attached to an aromatic ring is 1. The number of carboxylic acid groups (broad SMARTS) is 1. The molecule has 196 valence electrons. The van der Waals surface area contributed by atoms with Gasteiger partial charge in [-0.2, -0.15) is 9.64 Å². The van der Waals surface area contributed by atoms with Crippen molar-refractivity contribution >= 4 is 97.9 Å². The number of nitrogens with two attached hydrogens (primary N) is 2. The molecule has 0 aromatic carbocycles. The van der Waals surface area contributed by atoms with Gasteiger partial charge in [0.15, 0.2) is 10.8 Å². The van der Waals surface area contributed by atoms with Gasteiger partial charge < -0.3 is 27.1 Å². The molecule has 2 amide bonds. The highest BCUT2D eigenvalue weighted by atomic mass is 32.2. The van der Waals surface area contributed by atoms with Gasteiger partial charge in [0, 0.05) is 16.7 Å². The van der Waals surface area contributed by atoms with Gasteiger partial charge in [0.05, 0.1) is 15.5 Å². The Morgan fingerprint density at radius 3 is 2.79 bits per heavy atom. The number of thiazole rings is 1. The third kappa shape index (κ3) is 4.95. The number of nitrogens with one attached hydrogen (secondary N) is 2. The van der Waals surface area contributed by atoms with E-state index in [4.69, 9.17) is 29.1 Å². The number of fused-ring (bicyclic) bond motifs is 1. The number of carbonyl (C=O) groups is 3. The average molecular weight is 610 g/mol. The van der Waals surface area contributed by atoms with Crippen molar-refractivity contribution < 1.29 is 24.7 Å². The minimum Gasteiger partial charge on any atom is -0.477 e. The number of thiocarbonyl (C=S) groups is 1. The standard InChI is InChI=1S/C19H15N9O5S5/c20-1-5-13(38-27-15(5)35-4-8(21)22)12(34)6-2-36-17-10(16(30)28(17)11(6)18(31)32)25-14(29)9(26-33)7-3-37-19(23)24-7/h3,10,17,33H,2,4H2,(H3,21,22)(H2,23,24)(H,25,29)(H,31,32)/b26-9-/t10-,17+/m1/s1. The second-order valence-electron chi connectivity index (χ2n) is 7.46. The van der Waals surface area contributed by atoms with Crippen LogP contribution in [0.3, 0.4) is 0 Å². The quantitative estimate of drug-likeness (QED) is 0.0330. The molecule has 2 aliphatic rings. The Labute approximate surface area is 235 Å². The lowest BCUT2D eigenvalue weighted by molar-refractivity contribution is -0.150. The summed E-state index contributed by atoms with van der Waals surface area (Å²) in [7, 11) is 0. The fourth-order valence-electron chi connectivity index (χ4n) is 3.52. The second kappa shape index (κ2) is 11.0. The van der Waals surface area contributed by atoms with Crippen LogP contribution in [0.2, 0.25) is 0 Å². The minimum absolute atomic E-state index is 0.0184. The van der Waals surface area contributed by atoms with Crippen molar-refractivity contribution in [3.63, 3.8) is 0 Å².